The van der Waals surface area contributed by atoms with Crippen LogP contribution in [0.25, 0.3) is 0 Å². The number of carbonyl (C=O) groups excluding carboxylic acids is 2. The minimum atomic E-state index is -0.534. The van der Waals surface area contributed by atoms with Gasteiger partial charge in [0.1, 0.15) is 11.6 Å². The molecule has 0 aliphatic rings. The first-order valence-corrected chi connectivity index (χ1v) is 9.22. The van der Waals surface area contributed by atoms with Crippen molar-refractivity contribution in [1.29, 1.82) is 0 Å². The van der Waals surface area contributed by atoms with Crippen LogP contribution in [0.1, 0.15) is 37.0 Å². The van der Waals surface area contributed by atoms with Gasteiger partial charge in [-0.3, -0.25) is 9.59 Å². The molecule has 0 aromatic heterocycles. The van der Waals surface area contributed by atoms with E-state index in [2.05, 4.69) is 10.6 Å². The van der Waals surface area contributed by atoms with Gasteiger partial charge in [0.25, 0.3) is 11.8 Å². The predicted molar refractivity (Wildman–Crippen MR) is 114 cm³/mol. The lowest BCUT2D eigenvalue weighted by atomic mass is 9.94. The lowest BCUT2D eigenvalue weighted by Gasteiger charge is -2.27. The number of rotatable bonds is 9. The first-order chi connectivity index (χ1) is 13.4. The molecule has 0 fully saturated rings. The van der Waals surface area contributed by atoms with Gasteiger partial charge in [-0.2, -0.15) is 0 Å². The molecule has 0 bridgehead atoms. The molecular weight excluding hydrogens is 397 g/mol. The molecule has 0 unspecified atom stereocenters. The Labute approximate surface area is 176 Å². The average molecular weight is 424 g/mol. The number of hydrogen-bond donors (Lipinski definition) is 3. The van der Waals surface area contributed by atoms with Crippen LogP contribution in [0.3, 0.4) is 0 Å². The Bertz CT molecular complexity index is 828. The highest BCUT2D eigenvalue weighted by atomic mass is 35.5. The fourth-order valence-electron chi connectivity index (χ4n) is 2.52. The Balaban J connectivity index is 0.00000420. The molecule has 0 atom stereocenters. The number of ether oxygens (including phenoxy) is 1. The summed E-state index contributed by atoms with van der Waals surface area (Å²) in [5.74, 6) is -1.13. The van der Waals surface area contributed by atoms with Crippen LogP contribution in [0.2, 0.25) is 0 Å². The molecule has 0 radical (unpaired) electrons. The first-order valence-electron chi connectivity index (χ1n) is 9.22. The Kier molecular flexibility index (Phi) is 9.58. The van der Waals surface area contributed by atoms with Gasteiger partial charge in [-0.15, -0.1) is 12.4 Å². The van der Waals surface area contributed by atoms with Crippen LogP contribution in [0, 0.1) is 5.82 Å². The summed E-state index contributed by atoms with van der Waals surface area (Å²) < 4.78 is 19.1. The van der Waals surface area contributed by atoms with Crippen LogP contribution < -0.4 is 21.1 Å². The van der Waals surface area contributed by atoms with E-state index in [1.165, 1.54) is 18.2 Å². The highest BCUT2D eigenvalue weighted by Gasteiger charge is 2.22. The average Bonchev–Trinajstić information content (AvgIpc) is 2.72. The van der Waals surface area contributed by atoms with E-state index in [1.54, 1.807) is 30.3 Å². The van der Waals surface area contributed by atoms with Crippen molar-refractivity contribution in [2.24, 2.45) is 5.73 Å². The Hall–Kier alpha value is -2.64. The van der Waals surface area contributed by atoms with Crippen molar-refractivity contribution in [3.8, 4) is 5.75 Å². The summed E-state index contributed by atoms with van der Waals surface area (Å²) in [5.41, 5.74) is 6.12. The Morgan fingerprint density at radius 3 is 2.34 bits per heavy atom. The molecule has 4 N–H and O–H groups in total. The monoisotopic (exact) mass is 423 g/mol. The fourth-order valence-corrected chi connectivity index (χ4v) is 2.52. The minimum Gasteiger partial charge on any atom is -0.483 e. The van der Waals surface area contributed by atoms with Crippen LogP contribution in [0.5, 0.6) is 5.75 Å². The summed E-state index contributed by atoms with van der Waals surface area (Å²) in [4.78, 5) is 24.6. The van der Waals surface area contributed by atoms with Crippen LogP contribution in [-0.2, 0) is 4.79 Å². The molecule has 0 saturated carbocycles. The highest BCUT2D eigenvalue weighted by molar-refractivity contribution is 5.97. The third-order valence-corrected chi connectivity index (χ3v) is 4.65. The van der Waals surface area contributed by atoms with E-state index in [-0.39, 0.29) is 36.4 Å². The molecule has 2 aromatic rings. The lowest BCUT2D eigenvalue weighted by molar-refractivity contribution is -0.118. The molecule has 2 aromatic carbocycles. The van der Waals surface area contributed by atoms with E-state index in [9.17, 15) is 14.0 Å². The molecule has 6 nitrogen and oxygen atoms in total. The molecule has 0 aliphatic heterocycles. The summed E-state index contributed by atoms with van der Waals surface area (Å²) >= 11 is 0. The van der Waals surface area contributed by atoms with Gasteiger partial charge in [0.2, 0.25) is 0 Å². The summed E-state index contributed by atoms with van der Waals surface area (Å²) in [5, 5.41) is 5.26. The van der Waals surface area contributed by atoms with Gasteiger partial charge in [-0.1, -0.05) is 38.1 Å². The van der Waals surface area contributed by atoms with Gasteiger partial charge in [-0.25, -0.2) is 4.39 Å². The van der Waals surface area contributed by atoms with Crippen LogP contribution >= 0.6 is 12.4 Å². The molecule has 0 aliphatic carbocycles. The number of anilines is 1. The van der Waals surface area contributed by atoms with Crippen molar-refractivity contribution < 1.29 is 18.7 Å². The second kappa shape index (κ2) is 11.4. The van der Waals surface area contributed by atoms with Gasteiger partial charge in [0.15, 0.2) is 6.61 Å². The number of hydrogen-bond acceptors (Lipinski definition) is 4. The predicted octanol–water partition coefficient (Wildman–Crippen LogP) is 3.51. The number of amides is 2. The number of halogens is 2. The highest BCUT2D eigenvalue weighted by Crippen LogP contribution is 2.19. The lowest BCUT2D eigenvalue weighted by Crippen LogP contribution is -2.49. The second-order valence-corrected chi connectivity index (χ2v) is 6.57. The van der Waals surface area contributed by atoms with Gasteiger partial charge >= 0.3 is 0 Å². The number of nitrogens with one attached hydrogen (secondary N) is 2. The van der Waals surface area contributed by atoms with E-state index >= 15 is 0 Å². The van der Waals surface area contributed by atoms with Gasteiger partial charge in [0.05, 0.1) is 11.3 Å². The van der Waals surface area contributed by atoms with Gasteiger partial charge in [0, 0.05) is 12.1 Å². The summed E-state index contributed by atoms with van der Waals surface area (Å²) in [6.45, 7) is 3.92. The number of nitrogens with two attached hydrogens (primary N) is 1. The molecule has 0 heterocycles. The zero-order valence-corrected chi connectivity index (χ0v) is 17.4. The molecule has 29 heavy (non-hydrogen) atoms. The maximum atomic E-state index is 13.6. The van der Waals surface area contributed by atoms with E-state index in [0.717, 1.165) is 12.8 Å². The van der Waals surface area contributed by atoms with Crippen LogP contribution in [-0.4, -0.2) is 30.5 Å². The largest absolute Gasteiger partial charge is 0.483 e. The van der Waals surface area contributed by atoms with Crippen molar-refractivity contribution in [3.63, 3.8) is 0 Å². The number of benzene rings is 2. The third-order valence-electron chi connectivity index (χ3n) is 4.65. The smallest absolute Gasteiger partial charge is 0.262 e. The van der Waals surface area contributed by atoms with Gasteiger partial charge in [-0.05, 0) is 37.1 Å². The minimum absolute atomic E-state index is 0. The molecule has 158 valence electrons. The quantitative estimate of drug-likeness (QED) is 0.575. The van der Waals surface area contributed by atoms with Crippen molar-refractivity contribution in [3.05, 3.63) is 59.9 Å². The van der Waals surface area contributed by atoms with Crippen molar-refractivity contribution in [1.82, 2.24) is 5.32 Å². The first kappa shape index (κ1) is 24.4. The number of carbonyl (C=O) groups is 2. The maximum Gasteiger partial charge on any atom is 0.262 e. The van der Waals surface area contributed by atoms with Crippen LogP contribution in [0.15, 0.2) is 48.5 Å². The summed E-state index contributed by atoms with van der Waals surface area (Å²) in [6.07, 6.45) is 1.47. The SMILES string of the molecule is CCC(N)(CC)CNC(=O)c1ccccc1OCC(=O)Nc1ccccc1F.Cl. The second-order valence-electron chi connectivity index (χ2n) is 6.57. The van der Waals surface area contributed by atoms with Crippen molar-refractivity contribution in [2.75, 3.05) is 18.5 Å². The van der Waals surface area contributed by atoms with Crippen molar-refractivity contribution in [2.45, 2.75) is 32.2 Å². The van der Waals surface area contributed by atoms with Crippen molar-refractivity contribution >= 4 is 29.9 Å². The van der Waals surface area contributed by atoms with E-state index in [0.29, 0.717) is 12.1 Å². The fraction of sp³-hybridized carbons (Fsp3) is 0.333. The van der Waals surface area contributed by atoms with E-state index < -0.39 is 17.3 Å². The zero-order valence-electron chi connectivity index (χ0n) is 16.5. The summed E-state index contributed by atoms with van der Waals surface area (Å²) in [6, 6.07) is 12.5. The molecule has 8 heteroatoms. The molecule has 2 amide bonds. The van der Waals surface area contributed by atoms with E-state index in [4.69, 9.17) is 10.5 Å². The van der Waals surface area contributed by atoms with E-state index in [1.807, 2.05) is 13.8 Å². The third kappa shape index (κ3) is 7.03. The van der Waals surface area contributed by atoms with Gasteiger partial charge < -0.3 is 21.1 Å². The maximum absolute atomic E-state index is 13.6. The Morgan fingerprint density at radius 1 is 1.07 bits per heavy atom. The standard InChI is InChI=1S/C21H26FN3O3.ClH/c1-3-21(23,4-2)14-24-20(27)15-9-5-8-12-18(15)28-13-19(26)25-17-11-7-6-10-16(17)22;/h5-12H,3-4,13-14,23H2,1-2H3,(H,24,27)(H,25,26);1H. The summed E-state index contributed by atoms with van der Waals surface area (Å²) in [7, 11) is 0. The molecular formula is C21H27ClFN3O3. The molecule has 0 saturated heterocycles. The molecule has 0 spiro atoms. The topological polar surface area (TPSA) is 93.4 Å². The molecule has 2 rings (SSSR count). The van der Waals surface area contributed by atoms with Crippen LogP contribution in [0.4, 0.5) is 10.1 Å². The normalized spacial score (nSPS) is 10.6. The zero-order chi connectivity index (χ0) is 20.6. The Morgan fingerprint density at radius 2 is 1.69 bits per heavy atom. The number of para-hydroxylation sites is 2.